The molecule has 1 heterocycles. The summed E-state index contributed by atoms with van der Waals surface area (Å²) in [6, 6.07) is 8.30. The zero-order valence-electron chi connectivity index (χ0n) is 11.2. The number of nitrogens with zero attached hydrogens (tertiary/aromatic N) is 3. The summed E-state index contributed by atoms with van der Waals surface area (Å²) in [6.45, 7) is 6.39. The molecule has 0 fully saturated rings. The lowest BCUT2D eigenvalue weighted by Crippen LogP contribution is -2.08. The van der Waals surface area contributed by atoms with Gasteiger partial charge in [-0.15, -0.1) is 5.10 Å². The number of hydrogen-bond acceptors (Lipinski definition) is 3. The third kappa shape index (κ3) is 2.23. The first kappa shape index (κ1) is 12.6. The third-order valence-electron chi connectivity index (χ3n) is 3.02. The van der Waals surface area contributed by atoms with Gasteiger partial charge >= 0.3 is 0 Å². The van der Waals surface area contributed by atoms with E-state index < -0.39 is 0 Å². The summed E-state index contributed by atoms with van der Waals surface area (Å²) in [4.78, 5) is 0. The van der Waals surface area contributed by atoms with E-state index in [1.165, 1.54) is 5.56 Å². The van der Waals surface area contributed by atoms with Gasteiger partial charge in [0.25, 0.3) is 0 Å². The van der Waals surface area contributed by atoms with E-state index in [-0.39, 0.29) is 0 Å². The van der Waals surface area contributed by atoms with Gasteiger partial charge in [0.15, 0.2) is 5.82 Å². The Balaban J connectivity index is 2.55. The molecule has 2 N–H and O–H groups in total. The van der Waals surface area contributed by atoms with Crippen molar-refractivity contribution < 1.29 is 0 Å². The molecule has 0 unspecified atom stereocenters. The van der Waals surface area contributed by atoms with Gasteiger partial charge in [0.2, 0.25) is 0 Å². The van der Waals surface area contributed by atoms with Crippen molar-refractivity contribution in [3.8, 4) is 5.69 Å². The Labute approximate surface area is 108 Å². The third-order valence-corrected chi connectivity index (χ3v) is 3.02. The highest BCUT2D eigenvalue weighted by atomic mass is 15.4. The number of nitrogens with two attached hydrogens (primary N) is 1. The molecule has 0 aliphatic rings. The van der Waals surface area contributed by atoms with Gasteiger partial charge in [-0.05, 0) is 24.0 Å². The van der Waals surface area contributed by atoms with Gasteiger partial charge in [0, 0.05) is 0 Å². The van der Waals surface area contributed by atoms with Crippen molar-refractivity contribution >= 4 is 5.82 Å². The van der Waals surface area contributed by atoms with Gasteiger partial charge < -0.3 is 5.73 Å². The van der Waals surface area contributed by atoms with E-state index in [0.29, 0.717) is 11.7 Å². The van der Waals surface area contributed by atoms with Gasteiger partial charge in [-0.3, -0.25) is 0 Å². The van der Waals surface area contributed by atoms with Crippen molar-refractivity contribution in [2.24, 2.45) is 0 Å². The molecule has 0 radical (unpaired) electrons. The minimum atomic E-state index is 0.301. The van der Waals surface area contributed by atoms with Crippen molar-refractivity contribution in [2.75, 3.05) is 5.73 Å². The first-order valence-corrected chi connectivity index (χ1v) is 6.44. The molecule has 0 saturated carbocycles. The van der Waals surface area contributed by atoms with Crippen LogP contribution in [0.1, 0.15) is 44.4 Å². The highest BCUT2D eigenvalue weighted by Crippen LogP contribution is 2.25. The molecule has 0 saturated heterocycles. The predicted octanol–water partition coefficient (Wildman–Crippen LogP) is 2.93. The number of aryl methyl sites for hydroxylation is 1. The van der Waals surface area contributed by atoms with Crippen molar-refractivity contribution in [3.63, 3.8) is 0 Å². The summed E-state index contributed by atoms with van der Waals surface area (Å²) in [5.41, 5.74) is 9.27. The molecule has 0 aliphatic heterocycles. The van der Waals surface area contributed by atoms with Crippen LogP contribution < -0.4 is 5.73 Å². The molecule has 4 heteroatoms. The topological polar surface area (TPSA) is 56.7 Å². The fourth-order valence-corrected chi connectivity index (χ4v) is 2.22. The van der Waals surface area contributed by atoms with Crippen LogP contribution in [0.4, 0.5) is 5.82 Å². The minimum absolute atomic E-state index is 0.301. The molecule has 4 nitrogen and oxygen atoms in total. The van der Waals surface area contributed by atoms with Crippen molar-refractivity contribution in [3.05, 3.63) is 35.5 Å². The normalized spacial score (nSPS) is 11.1. The van der Waals surface area contributed by atoms with Gasteiger partial charge in [-0.2, -0.15) is 0 Å². The number of anilines is 1. The van der Waals surface area contributed by atoms with E-state index in [2.05, 4.69) is 49.3 Å². The summed E-state index contributed by atoms with van der Waals surface area (Å²) in [6.07, 6.45) is 2.14. The lowest BCUT2D eigenvalue weighted by Gasteiger charge is -2.13. The van der Waals surface area contributed by atoms with Crippen LogP contribution in [-0.2, 0) is 6.42 Å². The highest BCUT2D eigenvalue weighted by Gasteiger charge is 2.16. The maximum Gasteiger partial charge on any atom is 0.169 e. The second kappa shape index (κ2) is 5.21. The van der Waals surface area contributed by atoms with Crippen LogP contribution in [0.25, 0.3) is 5.69 Å². The molecule has 0 bridgehead atoms. The number of hydrogen-bond donors (Lipinski definition) is 1. The molecule has 2 aromatic rings. The second-order valence-corrected chi connectivity index (χ2v) is 4.81. The van der Waals surface area contributed by atoms with Crippen LogP contribution in [0.2, 0.25) is 0 Å². The van der Waals surface area contributed by atoms with E-state index >= 15 is 0 Å². The molecule has 0 aliphatic carbocycles. The largest absolute Gasteiger partial charge is 0.381 e. The first-order chi connectivity index (χ1) is 8.65. The van der Waals surface area contributed by atoms with Crippen LogP contribution >= 0.6 is 0 Å². The van der Waals surface area contributed by atoms with Gasteiger partial charge in [0.1, 0.15) is 0 Å². The van der Waals surface area contributed by atoms with Crippen molar-refractivity contribution in [1.29, 1.82) is 0 Å². The second-order valence-electron chi connectivity index (χ2n) is 4.81. The highest BCUT2D eigenvalue weighted by molar-refractivity contribution is 5.46. The van der Waals surface area contributed by atoms with Crippen LogP contribution in [0.15, 0.2) is 24.3 Å². The SMILES string of the molecule is CCCc1ccccc1-n1nnc(N)c1C(C)C. The lowest BCUT2D eigenvalue weighted by molar-refractivity contribution is 0.708. The number of para-hydroxylation sites is 1. The van der Waals surface area contributed by atoms with E-state index in [1.807, 2.05) is 10.7 Å². The molecule has 0 spiro atoms. The lowest BCUT2D eigenvalue weighted by atomic mass is 10.1. The first-order valence-electron chi connectivity index (χ1n) is 6.44. The molecule has 1 aromatic carbocycles. The Morgan fingerprint density at radius 2 is 2.00 bits per heavy atom. The monoisotopic (exact) mass is 244 g/mol. The maximum atomic E-state index is 5.91. The Bertz CT molecular complexity index is 528. The maximum absolute atomic E-state index is 5.91. The van der Waals surface area contributed by atoms with Crippen LogP contribution in [-0.4, -0.2) is 15.0 Å². The van der Waals surface area contributed by atoms with Gasteiger partial charge in [-0.1, -0.05) is 50.6 Å². The number of rotatable bonds is 4. The Morgan fingerprint density at radius 1 is 1.28 bits per heavy atom. The van der Waals surface area contributed by atoms with E-state index in [4.69, 9.17) is 5.73 Å². The summed E-state index contributed by atoms with van der Waals surface area (Å²) >= 11 is 0. The fourth-order valence-electron chi connectivity index (χ4n) is 2.22. The van der Waals surface area contributed by atoms with Gasteiger partial charge in [0.05, 0.1) is 11.4 Å². The zero-order valence-corrected chi connectivity index (χ0v) is 11.2. The number of nitrogen functional groups attached to an aromatic ring is 1. The Kier molecular flexibility index (Phi) is 3.65. The quantitative estimate of drug-likeness (QED) is 0.899. The molecule has 96 valence electrons. The Morgan fingerprint density at radius 3 is 2.67 bits per heavy atom. The summed E-state index contributed by atoms with van der Waals surface area (Å²) in [5.74, 6) is 0.825. The summed E-state index contributed by atoms with van der Waals surface area (Å²) < 4.78 is 1.88. The molecular weight excluding hydrogens is 224 g/mol. The standard InChI is InChI=1S/C14H20N4/c1-4-7-11-8-5-6-9-12(11)18-13(10(2)3)14(15)16-17-18/h5-6,8-10H,4,7,15H2,1-3H3. The molecule has 0 atom stereocenters. The minimum Gasteiger partial charge on any atom is -0.381 e. The van der Waals surface area contributed by atoms with E-state index in [1.54, 1.807) is 0 Å². The average Bonchev–Trinajstić information content (AvgIpc) is 2.72. The van der Waals surface area contributed by atoms with Gasteiger partial charge in [-0.25, -0.2) is 4.68 Å². The summed E-state index contributed by atoms with van der Waals surface area (Å²) in [7, 11) is 0. The van der Waals surface area contributed by atoms with E-state index in [9.17, 15) is 0 Å². The van der Waals surface area contributed by atoms with Crippen molar-refractivity contribution in [2.45, 2.75) is 39.5 Å². The molecule has 2 rings (SSSR count). The average molecular weight is 244 g/mol. The fraction of sp³-hybridized carbons (Fsp3) is 0.429. The molecule has 18 heavy (non-hydrogen) atoms. The predicted molar refractivity (Wildman–Crippen MR) is 73.9 cm³/mol. The zero-order chi connectivity index (χ0) is 13.1. The Hall–Kier alpha value is -1.84. The smallest absolute Gasteiger partial charge is 0.169 e. The molecule has 0 amide bonds. The molecule has 1 aromatic heterocycles. The van der Waals surface area contributed by atoms with Crippen LogP contribution in [0.3, 0.4) is 0 Å². The van der Waals surface area contributed by atoms with Crippen LogP contribution in [0.5, 0.6) is 0 Å². The molecular formula is C14H20N4. The number of aromatic nitrogens is 3. The number of benzene rings is 1. The summed E-state index contributed by atoms with van der Waals surface area (Å²) in [5, 5.41) is 8.20. The van der Waals surface area contributed by atoms with Crippen LogP contribution in [0, 0.1) is 0 Å². The van der Waals surface area contributed by atoms with E-state index in [0.717, 1.165) is 24.2 Å². The van der Waals surface area contributed by atoms with Crippen molar-refractivity contribution in [1.82, 2.24) is 15.0 Å².